The molecule has 0 bridgehead atoms. The van der Waals surface area contributed by atoms with Gasteiger partial charge in [-0.3, -0.25) is 0 Å². The molecule has 0 unspecified atom stereocenters. The summed E-state index contributed by atoms with van der Waals surface area (Å²) in [5.74, 6) is -0.849. The van der Waals surface area contributed by atoms with Crippen LogP contribution < -0.4 is 5.73 Å². The third kappa shape index (κ3) is 3.09. The number of nitrogens with zero attached hydrogens (tertiary/aromatic N) is 1. The number of quaternary nitrogens is 1. The van der Waals surface area contributed by atoms with E-state index in [1.54, 1.807) is 12.1 Å². The lowest BCUT2D eigenvalue weighted by atomic mass is 10.2. The highest BCUT2D eigenvalue weighted by atomic mass is 35.5. The van der Waals surface area contributed by atoms with Crippen LogP contribution in [0.2, 0.25) is 5.02 Å². The number of hydrogen-bond donors (Lipinski definition) is 1. The van der Waals surface area contributed by atoms with Gasteiger partial charge in [-0.1, -0.05) is 35.9 Å². The molecule has 0 radical (unpaired) electrons. The minimum Gasteiger partial charge on any atom is -0.571 e. The SMILES string of the molecule is [NH3+]Cc1ccc(F)c(S(=O)(=O)[N-]c2ccccc2Cl)c1. The first kappa shape index (κ1) is 14.8. The molecule has 0 fully saturated rings. The second kappa shape index (κ2) is 5.78. The Morgan fingerprint density at radius 2 is 1.90 bits per heavy atom. The summed E-state index contributed by atoms with van der Waals surface area (Å²) in [5, 5.41) is 0.185. The van der Waals surface area contributed by atoms with Crippen LogP contribution in [0, 0.1) is 5.82 Å². The predicted molar refractivity (Wildman–Crippen MR) is 74.6 cm³/mol. The van der Waals surface area contributed by atoms with Crippen molar-refractivity contribution in [3.63, 3.8) is 0 Å². The molecular formula is C13H12ClFN2O2S. The quantitative estimate of drug-likeness (QED) is 0.941. The fourth-order valence-corrected chi connectivity index (χ4v) is 2.96. The van der Waals surface area contributed by atoms with Gasteiger partial charge in [-0.25, -0.2) is 12.8 Å². The summed E-state index contributed by atoms with van der Waals surface area (Å²) in [6.07, 6.45) is 0. The summed E-state index contributed by atoms with van der Waals surface area (Å²) in [6, 6.07) is 10.0. The van der Waals surface area contributed by atoms with Crippen molar-refractivity contribution in [1.29, 1.82) is 0 Å². The first-order chi connectivity index (χ1) is 9.44. The molecule has 0 aliphatic carbocycles. The van der Waals surface area contributed by atoms with Crippen LogP contribution in [0.15, 0.2) is 47.4 Å². The van der Waals surface area contributed by atoms with Crippen LogP contribution in [0.1, 0.15) is 5.56 Å². The normalized spacial score (nSPS) is 11.3. The molecule has 0 saturated heterocycles. The number of halogens is 2. The molecule has 4 nitrogen and oxygen atoms in total. The van der Waals surface area contributed by atoms with Crippen molar-refractivity contribution in [3.05, 3.63) is 63.6 Å². The van der Waals surface area contributed by atoms with Gasteiger partial charge in [0.05, 0.1) is 11.4 Å². The molecule has 0 aliphatic rings. The van der Waals surface area contributed by atoms with Crippen molar-refractivity contribution in [2.75, 3.05) is 0 Å². The van der Waals surface area contributed by atoms with E-state index >= 15 is 0 Å². The van der Waals surface area contributed by atoms with E-state index in [2.05, 4.69) is 10.5 Å². The Hall–Kier alpha value is -1.63. The average Bonchev–Trinajstić information content (AvgIpc) is 2.41. The van der Waals surface area contributed by atoms with E-state index in [-0.39, 0.29) is 10.7 Å². The predicted octanol–water partition coefficient (Wildman–Crippen LogP) is 2.62. The second-order valence-electron chi connectivity index (χ2n) is 4.03. The Bertz CT molecular complexity index is 735. The Kier molecular flexibility index (Phi) is 4.27. The number of rotatable bonds is 4. The zero-order valence-electron chi connectivity index (χ0n) is 10.4. The summed E-state index contributed by atoms with van der Waals surface area (Å²) in [4.78, 5) is -0.474. The van der Waals surface area contributed by atoms with Crippen molar-refractivity contribution in [1.82, 2.24) is 0 Å². The molecule has 7 heteroatoms. The molecule has 2 aromatic rings. The van der Waals surface area contributed by atoms with E-state index in [1.165, 1.54) is 24.3 Å². The maximum absolute atomic E-state index is 13.7. The molecule has 0 saturated carbocycles. The summed E-state index contributed by atoms with van der Waals surface area (Å²) in [6.45, 7) is 0.356. The van der Waals surface area contributed by atoms with Gasteiger partial charge in [0.2, 0.25) is 0 Å². The van der Waals surface area contributed by atoms with Gasteiger partial charge in [0.1, 0.15) is 15.8 Å². The third-order valence-electron chi connectivity index (χ3n) is 2.63. The monoisotopic (exact) mass is 314 g/mol. The van der Waals surface area contributed by atoms with E-state index in [1.807, 2.05) is 0 Å². The Morgan fingerprint density at radius 1 is 1.20 bits per heavy atom. The second-order valence-corrected chi connectivity index (χ2v) is 6.01. The first-order valence-electron chi connectivity index (χ1n) is 5.74. The fourth-order valence-electron chi connectivity index (χ4n) is 1.61. The molecule has 0 atom stereocenters. The molecule has 0 aliphatic heterocycles. The van der Waals surface area contributed by atoms with E-state index < -0.39 is 20.7 Å². The maximum atomic E-state index is 13.7. The van der Waals surface area contributed by atoms with Crippen LogP contribution in [0.5, 0.6) is 0 Å². The van der Waals surface area contributed by atoms with Crippen LogP contribution in [0.3, 0.4) is 0 Å². The zero-order valence-corrected chi connectivity index (χ0v) is 12.0. The maximum Gasteiger partial charge on any atom is 0.140 e. The van der Waals surface area contributed by atoms with Crippen LogP contribution in [-0.4, -0.2) is 8.42 Å². The van der Waals surface area contributed by atoms with Crippen molar-refractivity contribution < 1.29 is 18.5 Å². The minimum atomic E-state index is -4.16. The average molecular weight is 315 g/mol. The highest BCUT2D eigenvalue weighted by molar-refractivity contribution is 7.94. The Balaban J connectivity index is 2.43. The van der Waals surface area contributed by atoms with Gasteiger partial charge in [0, 0.05) is 10.6 Å². The molecule has 3 N–H and O–H groups in total. The standard InChI is InChI=1S/C13H11ClFN2O2S/c14-10-3-1-2-4-12(10)17-20(18,19)13-7-9(8-16)5-6-11(13)15/h1-7H,8,16H2/q-1/p+1. The lowest BCUT2D eigenvalue weighted by Crippen LogP contribution is -2.47. The third-order valence-corrected chi connectivity index (χ3v) is 4.26. The molecule has 2 aromatic carbocycles. The lowest BCUT2D eigenvalue weighted by Gasteiger charge is -2.23. The van der Waals surface area contributed by atoms with Crippen LogP contribution in [-0.2, 0) is 16.6 Å². The fraction of sp³-hybridized carbons (Fsp3) is 0.0769. The van der Waals surface area contributed by atoms with E-state index in [4.69, 9.17) is 11.6 Å². The molecule has 0 heterocycles. The first-order valence-corrected chi connectivity index (χ1v) is 7.56. The molecule has 0 spiro atoms. The zero-order chi connectivity index (χ0) is 14.8. The highest BCUT2D eigenvalue weighted by Gasteiger charge is 2.13. The minimum absolute atomic E-state index is 0.0774. The van der Waals surface area contributed by atoms with Crippen molar-refractivity contribution >= 4 is 27.3 Å². The van der Waals surface area contributed by atoms with Crippen LogP contribution in [0.4, 0.5) is 10.1 Å². The van der Waals surface area contributed by atoms with Gasteiger partial charge in [0.25, 0.3) is 0 Å². The van der Waals surface area contributed by atoms with Crippen LogP contribution >= 0.6 is 11.6 Å². The number of hydrogen-bond acceptors (Lipinski definition) is 2. The molecule has 20 heavy (non-hydrogen) atoms. The summed E-state index contributed by atoms with van der Waals surface area (Å²) in [5.41, 5.74) is 4.33. The van der Waals surface area contributed by atoms with E-state index in [9.17, 15) is 12.8 Å². The number of sulfonamides is 1. The van der Waals surface area contributed by atoms with E-state index in [0.29, 0.717) is 12.1 Å². The van der Waals surface area contributed by atoms with Gasteiger partial charge >= 0.3 is 0 Å². The van der Waals surface area contributed by atoms with Crippen molar-refractivity contribution in [3.8, 4) is 0 Å². The summed E-state index contributed by atoms with van der Waals surface area (Å²) >= 11 is 5.85. The summed E-state index contributed by atoms with van der Waals surface area (Å²) in [7, 11) is -4.16. The molecule has 0 aromatic heterocycles. The Morgan fingerprint density at radius 3 is 2.55 bits per heavy atom. The molecule has 2 rings (SSSR count). The largest absolute Gasteiger partial charge is 0.571 e. The van der Waals surface area contributed by atoms with Crippen molar-refractivity contribution in [2.24, 2.45) is 0 Å². The van der Waals surface area contributed by atoms with Gasteiger partial charge in [0.15, 0.2) is 0 Å². The van der Waals surface area contributed by atoms with Gasteiger partial charge in [-0.15, -0.1) is 5.69 Å². The van der Waals surface area contributed by atoms with Crippen LogP contribution in [0.25, 0.3) is 4.72 Å². The Labute approximate surface area is 121 Å². The topological polar surface area (TPSA) is 75.9 Å². The summed E-state index contributed by atoms with van der Waals surface area (Å²) < 4.78 is 41.6. The molecule has 106 valence electrons. The van der Waals surface area contributed by atoms with Gasteiger partial charge in [-0.2, -0.15) is 0 Å². The van der Waals surface area contributed by atoms with Crippen molar-refractivity contribution in [2.45, 2.75) is 11.4 Å². The van der Waals surface area contributed by atoms with E-state index in [0.717, 1.165) is 6.07 Å². The number of benzene rings is 2. The van der Waals surface area contributed by atoms with Gasteiger partial charge in [-0.05, 0) is 18.2 Å². The van der Waals surface area contributed by atoms with Gasteiger partial charge < -0.3 is 10.5 Å². The highest BCUT2D eigenvalue weighted by Crippen LogP contribution is 2.34. The lowest BCUT2D eigenvalue weighted by molar-refractivity contribution is -0.386. The smallest absolute Gasteiger partial charge is 0.140 e. The molecular weight excluding hydrogens is 303 g/mol. The molecule has 0 amide bonds.